The molecule has 0 unspecified atom stereocenters. The van der Waals surface area contributed by atoms with Gasteiger partial charge in [-0.05, 0) is 18.2 Å². The smallest absolute Gasteiger partial charge is 0.352 e. The highest BCUT2D eigenvalue weighted by atomic mass is 35.5. The minimum atomic E-state index is -1.50. The zero-order chi connectivity index (χ0) is 31.3. The molecule has 14 heteroatoms. The van der Waals surface area contributed by atoms with Gasteiger partial charge < -0.3 is 26.0 Å². The second-order valence-electron chi connectivity index (χ2n) is 10.3. The fraction of sp³-hybridized carbons (Fsp3) is 0.167. The lowest BCUT2D eigenvalue weighted by Gasteiger charge is -2.24. The maximum Gasteiger partial charge on any atom is 0.352 e. The molecule has 3 heterocycles. The van der Waals surface area contributed by atoms with E-state index in [1.54, 1.807) is 30.3 Å². The zero-order valence-corrected chi connectivity index (χ0v) is 23.4. The summed E-state index contributed by atoms with van der Waals surface area (Å²) in [7, 11) is 0. The summed E-state index contributed by atoms with van der Waals surface area (Å²) in [6.45, 7) is -0.747. The van der Waals surface area contributed by atoms with Gasteiger partial charge in [-0.15, -0.1) is 0 Å². The third-order valence-electron chi connectivity index (χ3n) is 7.56. The number of rotatable bonds is 7. The molecule has 0 spiro atoms. The average Bonchev–Trinajstić information content (AvgIpc) is 3.70. The van der Waals surface area contributed by atoms with Crippen molar-refractivity contribution in [3.63, 3.8) is 0 Å². The van der Waals surface area contributed by atoms with Crippen molar-refractivity contribution in [1.82, 2.24) is 19.7 Å². The first kappa shape index (κ1) is 28.8. The number of carbonyl (C=O) groups is 4. The lowest BCUT2D eigenvalue weighted by Crippen LogP contribution is -2.44. The highest BCUT2D eigenvalue weighted by Crippen LogP contribution is 2.37. The molecule has 1 saturated heterocycles. The number of carbonyl (C=O) groups excluding carboxylic acids is 3. The van der Waals surface area contributed by atoms with Crippen LogP contribution in [0.25, 0.3) is 32.9 Å². The van der Waals surface area contributed by atoms with Gasteiger partial charge in [-0.1, -0.05) is 54.1 Å². The van der Waals surface area contributed by atoms with Crippen molar-refractivity contribution in [3.05, 3.63) is 82.9 Å². The number of alkyl halides is 1. The minimum Gasteiger partial charge on any atom is -0.477 e. The monoisotopic (exact) mass is 620 g/mol. The Morgan fingerprint density at radius 2 is 1.86 bits per heavy atom. The Balaban J connectivity index is 1.25. The zero-order valence-electron chi connectivity index (χ0n) is 22.7. The van der Waals surface area contributed by atoms with E-state index in [9.17, 15) is 28.7 Å². The van der Waals surface area contributed by atoms with E-state index in [4.69, 9.17) is 17.3 Å². The highest BCUT2D eigenvalue weighted by Gasteiger charge is 2.40. The highest BCUT2D eigenvalue weighted by molar-refractivity contribution is 6.38. The number of para-hydroxylation sites is 1. The average molecular weight is 621 g/mol. The number of primary amides is 1. The standard InChI is InChI=1S/C30H23ClF2N6O5/c31-24-16(9-8-14-10-20(30(43)44)35-26(14)24)17-5-3-6-19(25(17)33)36-29(42)22-11-15(32)12-38(22)23(40)13-39-21-7-2-1-4-18(21)27(37-39)28(34)41/h1-10,15,22,35H,11-13H2,(H2,34,41)(H,36,42)(H,43,44)/t15-,22+/m1/s1. The number of aromatic nitrogens is 3. The number of hydrogen-bond acceptors (Lipinski definition) is 5. The molecule has 44 heavy (non-hydrogen) atoms. The van der Waals surface area contributed by atoms with Crippen molar-refractivity contribution in [1.29, 1.82) is 0 Å². The summed E-state index contributed by atoms with van der Waals surface area (Å²) in [5.74, 6) is -4.22. The lowest BCUT2D eigenvalue weighted by molar-refractivity contribution is -0.137. The number of likely N-dealkylation sites (tertiary alicyclic amines) is 1. The molecule has 3 amide bonds. The molecular formula is C30H23ClF2N6O5. The summed E-state index contributed by atoms with van der Waals surface area (Å²) in [4.78, 5) is 53.6. The Labute approximate surface area is 252 Å². The minimum absolute atomic E-state index is 0.0271. The number of benzene rings is 3. The topological polar surface area (TPSA) is 163 Å². The summed E-state index contributed by atoms with van der Waals surface area (Å²) in [6.07, 6.45) is -1.80. The molecule has 0 bridgehead atoms. The fourth-order valence-electron chi connectivity index (χ4n) is 5.50. The second kappa shape index (κ2) is 11.1. The Kier molecular flexibility index (Phi) is 7.25. The maximum absolute atomic E-state index is 15.8. The van der Waals surface area contributed by atoms with Gasteiger partial charge in [0.15, 0.2) is 11.5 Å². The summed E-state index contributed by atoms with van der Waals surface area (Å²) in [5.41, 5.74) is 6.13. The first-order chi connectivity index (χ1) is 21.0. The number of nitrogens with zero attached hydrogens (tertiary/aromatic N) is 3. The van der Waals surface area contributed by atoms with Gasteiger partial charge in [0.1, 0.15) is 24.5 Å². The third kappa shape index (κ3) is 5.00. The molecule has 11 nitrogen and oxygen atoms in total. The number of aromatic carboxylic acids is 1. The largest absolute Gasteiger partial charge is 0.477 e. The molecule has 224 valence electrons. The van der Waals surface area contributed by atoms with E-state index < -0.39 is 48.3 Å². The predicted octanol–water partition coefficient (Wildman–Crippen LogP) is 4.35. The van der Waals surface area contributed by atoms with Gasteiger partial charge in [0.2, 0.25) is 11.8 Å². The van der Waals surface area contributed by atoms with Gasteiger partial charge in [-0.25, -0.2) is 13.6 Å². The van der Waals surface area contributed by atoms with Crippen LogP contribution in [-0.2, 0) is 16.1 Å². The molecule has 2 aromatic heterocycles. The van der Waals surface area contributed by atoms with Crippen LogP contribution < -0.4 is 11.1 Å². The number of amides is 3. The first-order valence-electron chi connectivity index (χ1n) is 13.4. The Bertz CT molecular complexity index is 2010. The Morgan fingerprint density at radius 3 is 2.61 bits per heavy atom. The normalized spacial score (nSPS) is 16.5. The number of nitrogens with one attached hydrogen (secondary N) is 2. The molecule has 0 radical (unpaired) electrons. The molecule has 1 aliphatic heterocycles. The molecule has 0 aliphatic carbocycles. The van der Waals surface area contributed by atoms with Crippen molar-refractivity contribution in [2.24, 2.45) is 5.73 Å². The maximum atomic E-state index is 15.8. The van der Waals surface area contributed by atoms with E-state index in [2.05, 4.69) is 15.4 Å². The Hall–Kier alpha value is -5.30. The number of anilines is 1. The van der Waals surface area contributed by atoms with Gasteiger partial charge in [-0.2, -0.15) is 5.10 Å². The molecule has 5 aromatic rings. The van der Waals surface area contributed by atoms with Gasteiger partial charge in [0, 0.05) is 28.3 Å². The molecule has 0 saturated carbocycles. The van der Waals surface area contributed by atoms with Crippen LogP contribution in [0.15, 0.2) is 60.7 Å². The van der Waals surface area contributed by atoms with Crippen LogP contribution in [0.5, 0.6) is 0 Å². The molecule has 6 rings (SSSR count). The quantitative estimate of drug-likeness (QED) is 0.211. The Morgan fingerprint density at radius 1 is 1.09 bits per heavy atom. The van der Waals surface area contributed by atoms with Crippen LogP contribution in [0.4, 0.5) is 14.5 Å². The van der Waals surface area contributed by atoms with Crippen LogP contribution >= 0.6 is 11.6 Å². The van der Waals surface area contributed by atoms with Crippen molar-refractivity contribution in [2.45, 2.75) is 25.2 Å². The van der Waals surface area contributed by atoms with E-state index >= 15 is 4.39 Å². The van der Waals surface area contributed by atoms with Gasteiger partial charge in [0.05, 0.1) is 28.3 Å². The molecule has 1 aliphatic rings. The van der Waals surface area contributed by atoms with E-state index in [-0.39, 0.29) is 46.2 Å². The fourth-order valence-corrected chi connectivity index (χ4v) is 5.82. The van der Waals surface area contributed by atoms with Crippen LogP contribution in [0.3, 0.4) is 0 Å². The van der Waals surface area contributed by atoms with Crippen LogP contribution in [0.1, 0.15) is 27.4 Å². The lowest BCUT2D eigenvalue weighted by atomic mass is 10.0. The van der Waals surface area contributed by atoms with Crippen molar-refractivity contribution < 1.29 is 33.1 Å². The molecular weight excluding hydrogens is 598 g/mol. The number of halogens is 3. The van der Waals surface area contributed by atoms with Gasteiger partial charge in [0.25, 0.3) is 5.91 Å². The number of carboxylic acids is 1. The van der Waals surface area contributed by atoms with Crippen molar-refractivity contribution >= 4 is 62.8 Å². The van der Waals surface area contributed by atoms with Crippen LogP contribution in [0.2, 0.25) is 5.02 Å². The van der Waals surface area contributed by atoms with Crippen LogP contribution in [-0.4, -0.2) is 67.2 Å². The molecule has 3 aromatic carbocycles. The number of carboxylic acid groups (broad SMARTS) is 1. The number of H-pyrrole nitrogens is 1. The summed E-state index contributed by atoms with van der Waals surface area (Å²) in [6, 6.07) is 14.2. The van der Waals surface area contributed by atoms with Crippen molar-refractivity contribution in [2.75, 3.05) is 11.9 Å². The second-order valence-corrected chi connectivity index (χ2v) is 10.7. The first-order valence-corrected chi connectivity index (χ1v) is 13.7. The third-order valence-corrected chi connectivity index (χ3v) is 7.95. The van der Waals surface area contributed by atoms with Crippen LogP contribution in [0, 0.1) is 5.82 Å². The number of aromatic amines is 1. The summed E-state index contributed by atoms with van der Waals surface area (Å²) in [5, 5.41) is 16.9. The van der Waals surface area contributed by atoms with E-state index in [0.717, 1.165) is 4.90 Å². The predicted molar refractivity (Wildman–Crippen MR) is 158 cm³/mol. The van der Waals surface area contributed by atoms with E-state index in [1.807, 2.05) is 0 Å². The number of nitrogens with two attached hydrogens (primary N) is 1. The number of fused-ring (bicyclic) bond motifs is 2. The molecule has 5 N–H and O–H groups in total. The van der Waals surface area contributed by atoms with E-state index in [0.29, 0.717) is 21.8 Å². The molecule has 1 fully saturated rings. The summed E-state index contributed by atoms with van der Waals surface area (Å²) < 4.78 is 31.6. The van der Waals surface area contributed by atoms with Gasteiger partial charge >= 0.3 is 5.97 Å². The SMILES string of the molecule is NC(=O)c1nn(CC(=O)N2C[C@H](F)C[C@H]2C(=O)Nc2cccc(-c3ccc4cc(C(=O)O)[nH]c4c3Cl)c2F)c2ccccc12. The van der Waals surface area contributed by atoms with E-state index in [1.165, 1.54) is 35.0 Å². The molecule has 2 atom stereocenters. The van der Waals surface area contributed by atoms with Gasteiger partial charge in [-0.3, -0.25) is 19.1 Å². The van der Waals surface area contributed by atoms with Crippen molar-refractivity contribution in [3.8, 4) is 11.1 Å². The summed E-state index contributed by atoms with van der Waals surface area (Å²) >= 11 is 6.52. The number of hydrogen-bond donors (Lipinski definition) is 4.